The summed E-state index contributed by atoms with van der Waals surface area (Å²) in [5.41, 5.74) is 0. The van der Waals surface area contributed by atoms with E-state index in [4.69, 9.17) is 4.74 Å². The van der Waals surface area contributed by atoms with Crippen LogP contribution in [0.25, 0.3) is 0 Å². The van der Waals surface area contributed by atoms with E-state index in [2.05, 4.69) is 43.5 Å². The molecule has 6 heteroatoms. The molecule has 0 heterocycles. The van der Waals surface area contributed by atoms with E-state index in [9.17, 15) is 19.8 Å². The molecule has 0 aliphatic heterocycles. The van der Waals surface area contributed by atoms with Crippen molar-refractivity contribution < 1.29 is 24.5 Å². The Labute approximate surface area is 468 Å². The molecule has 3 N–H and O–H groups in total. The van der Waals surface area contributed by atoms with Crippen molar-refractivity contribution in [3.63, 3.8) is 0 Å². The molecule has 1 amide bonds. The van der Waals surface area contributed by atoms with Crippen LogP contribution in [0.1, 0.15) is 367 Å². The first-order chi connectivity index (χ1) is 37.0. The van der Waals surface area contributed by atoms with E-state index < -0.39 is 12.1 Å². The number of ether oxygens (including phenoxy) is 1. The SMILES string of the molecule is CCCCCCCCCCCCC/C=C/C(O)C(CO)NC(=O)CCCCCCCCCCCCCCCCC/C=C\C/C=C\CCCCCCCCCCCOC(=O)CCCCCCCCCCCCCCCC. The minimum absolute atomic E-state index is 0.0153. The van der Waals surface area contributed by atoms with Crippen molar-refractivity contribution in [1.29, 1.82) is 0 Å². The predicted molar refractivity (Wildman–Crippen MR) is 329 cm³/mol. The fraction of sp³-hybridized carbons (Fsp3) is 0.884. The van der Waals surface area contributed by atoms with E-state index in [1.807, 2.05) is 6.08 Å². The standard InChI is InChI=1S/C69H131NO5/c1-3-5-7-9-11-13-15-17-39-43-47-51-55-59-63-69(74)75-64-60-56-52-48-44-40-36-34-32-30-28-26-24-22-20-18-19-21-23-25-27-29-31-33-35-38-42-46-50-54-58-62-68(73)70-66(65-71)67(72)61-57-53-49-45-41-37-16-14-12-10-8-6-4-2/h20,22,26,28,57,61,66-67,71-72H,3-19,21,23-25,27,29-56,58-60,62-65H2,1-2H3,(H,70,73)/b22-20-,28-26-,61-57+. The minimum atomic E-state index is -0.843. The van der Waals surface area contributed by atoms with Gasteiger partial charge in [0.05, 0.1) is 25.4 Å². The maximum Gasteiger partial charge on any atom is 0.305 e. The number of hydrogen-bond donors (Lipinski definition) is 3. The van der Waals surface area contributed by atoms with Gasteiger partial charge in [0.25, 0.3) is 0 Å². The van der Waals surface area contributed by atoms with Crippen LogP contribution in [0.2, 0.25) is 0 Å². The summed E-state index contributed by atoms with van der Waals surface area (Å²) in [6.45, 7) is 4.92. The second-order valence-electron chi connectivity index (χ2n) is 23.2. The molecule has 0 aromatic rings. The van der Waals surface area contributed by atoms with Gasteiger partial charge in [-0.3, -0.25) is 9.59 Å². The smallest absolute Gasteiger partial charge is 0.305 e. The van der Waals surface area contributed by atoms with Gasteiger partial charge in [-0.1, -0.05) is 326 Å². The third-order valence-electron chi connectivity index (χ3n) is 15.7. The van der Waals surface area contributed by atoms with Crippen LogP contribution in [0.5, 0.6) is 0 Å². The number of rotatable bonds is 63. The second kappa shape index (κ2) is 64.6. The van der Waals surface area contributed by atoms with Crippen molar-refractivity contribution in [3.05, 3.63) is 36.5 Å². The van der Waals surface area contributed by atoms with Crippen LogP contribution in [0.3, 0.4) is 0 Å². The van der Waals surface area contributed by atoms with E-state index in [0.29, 0.717) is 19.4 Å². The lowest BCUT2D eigenvalue weighted by Gasteiger charge is -2.20. The normalized spacial score (nSPS) is 12.7. The maximum absolute atomic E-state index is 12.5. The lowest BCUT2D eigenvalue weighted by molar-refractivity contribution is -0.143. The minimum Gasteiger partial charge on any atom is -0.466 e. The van der Waals surface area contributed by atoms with Gasteiger partial charge in [-0.05, 0) is 64.2 Å². The van der Waals surface area contributed by atoms with Crippen LogP contribution in [-0.4, -0.2) is 47.4 Å². The predicted octanol–water partition coefficient (Wildman–Crippen LogP) is 21.5. The van der Waals surface area contributed by atoms with Crippen molar-refractivity contribution in [2.24, 2.45) is 0 Å². The molecule has 0 aliphatic rings. The van der Waals surface area contributed by atoms with Crippen LogP contribution in [-0.2, 0) is 14.3 Å². The first-order valence-corrected chi connectivity index (χ1v) is 33.8. The zero-order valence-electron chi connectivity index (χ0n) is 50.5. The molecule has 0 bridgehead atoms. The van der Waals surface area contributed by atoms with Gasteiger partial charge in [0, 0.05) is 12.8 Å². The average molecular weight is 1050 g/mol. The highest BCUT2D eigenvalue weighted by atomic mass is 16.5. The van der Waals surface area contributed by atoms with Gasteiger partial charge in [-0.2, -0.15) is 0 Å². The molecule has 0 radical (unpaired) electrons. The summed E-state index contributed by atoms with van der Waals surface area (Å²) in [7, 11) is 0. The molecule has 2 unspecified atom stereocenters. The van der Waals surface area contributed by atoms with Gasteiger partial charge in [0.2, 0.25) is 5.91 Å². The number of aliphatic hydroxyl groups excluding tert-OH is 2. The summed E-state index contributed by atoms with van der Waals surface area (Å²) in [6, 6.07) is -0.627. The topological polar surface area (TPSA) is 95.9 Å². The van der Waals surface area contributed by atoms with Gasteiger partial charge in [-0.25, -0.2) is 0 Å². The van der Waals surface area contributed by atoms with Gasteiger partial charge in [-0.15, -0.1) is 0 Å². The summed E-state index contributed by atoms with van der Waals surface area (Å²) in [6.07, 6.45) is 82.2. The molecule has 0 rings (SSSR count). The molecule has 0 fully saturated rings. The Bertz CT molecular complexity index is 1210. The van der Waals surface area contributed by atoms with Gasteiger partial charge >= 0.3 is 5.97 Å². The Balaban J connectivity index is 3.39. The molecule has 6 nitrogen and oxygen atoms in total. The lowest BCUT2D eigenvalue weighted by atomic mass is 10.0. The number of amides is 1. The first kappa shape index (κ1) is 73.1. The van der Waals surface area contributed by atoms with Crippen molar-refractivity contribution in [1.82, 2.24) is 5.32 Å². The largest absolute Gasteiger partial charge is 0.466 e. The number of aliphatic hydroxyl groups is 2. The number of carbonyl (C=O) groups is 2. The summed E-state index contributed by atoms with van der Waals surface area (Å²) >= 11 is 0. The zero-order valence-corrected chi connectivity index (χ0v) is 50.5. The fourth-order valence-corrected chi connectivity index (χ4v) is 10.5. The molecule has 2 atom stereocenters. The Morgan fingerprint density at radius 3 is 1.01 bits per heavy atom. The average Bonchev–Trinajstić information content (AvgIpc) is 3.41. The number of carbonyl (C=O) groups excluding carboxylic acids is 2. The molecule has 75 heavy (non-hydrogen) atoms. The molecule has 0 saturated carbocycles. The zero-order chi connectivity index (χ0) is 54.3. The first-order valence-electron chi connectivity index (χ1n) is 33.8. The van der Waals surface area contributed by atoms with E-state index in [-0.39, 0.29) is 18.5 Å². The highest BCUT2D eigenvalue weighted by Gasteiger charge is 2.18. The van der Waals surface area contributed by atoms with Gasteiger partial charge in [0.1, 0.15) is 0 Å². The molecule has 0 saturated heterocycles. The molecular formula is C69H131NO5. The summed E-state index contributed by atoms with van der Waals surface area (Å²) in [4.78, 5) is 24.5. The monoisotopic (exact) mass is 1050 g/mol. The Hall–Kier alpha value is -1.92. The quantitative estimate of drug-likeness (QED) is 0.0320. The third-order valence-corrected chi connectivity index (χ3v) is 15.7. The van der Waals surface area contributed by atoms with Crippen molar-refractivity contribution in [3.8, 4) is 0 Å². The van der Waals surface area contributed by atoms with E-state index in [1.165, 1.54) is 295 Å². The summed E-state index contributed by atoms with van der Waals surface area (Å²) in [5.74, 6) is -0.0511. The number of nitrogens with one attached hydrogen (secondary N) is 1. The molecular weight excluding hydrogens is 923 g/mol. The number of hydrogen-bond acceptors (Lipinski definition) is 5. The summed E-state index contributed by atoms with van der Waals surface area (Å²) < 4.78 is 5.49. The Morgan fingerprint density at radius 1 is 0.373 bits per heavy atom. The number of unbranched alkanes of at least 4 members (excludes halogenated alkanes) is 48. The molecule has 0 aromatic carbocycles. The highest BCUT2D eigenvalue weighted by molar-refractivity contribution is 5.76. The van der Waals surface area contributed by atoms with Gasteiger partial charge in [0.15, 0.2) is 0 Å². The van der Waals surface area contributed by atoms with Crippen LogP contribution in [0.4, 0.5) is 0 Å². The van der Waals surface area contributed by atoms with Crippen LogP contribution in [0, 0.1) is 0 Å². The summed E-state index contributed by atoms with van der Waals surface area (Å²) in [5, 5.41) is 23.1. The van der Waals surface area contributed by atoms with E-state index >= 15 is 0 Å². The number of esters is 1. The van der Waals surface area contributed by atoms with E-state index in [1.54, 1.807) is 6.08 Å². The molecule has 0 aliphatic carbocycles. The van der Waals surface area contributed by atoms with Crippen LogP contribution >= 0.6 is 0 Å². The molecule has 442 valence electrons. The van der Waals surface area contributed by atoms with E-state index in [0.717, 1.165) is 44.9 Å². The van der Waals surface area contributed by atoms with Gasteiger partial charge < -0.3 is 20.3 Å². The number of allylic oxidation sites excluding steroid dienone is 5. The van der Waals surface area contributed by atoms with Crippen LogP contribution in [0.15, 0.2) is 36.5 Å². The van der Waals surface area contributed by atoms with Crippen molar-refractivity contribution in [2.75, 3.05) is 13.2 Å². The second-order valence-corrected chi connectivity index (χ2v) is 23.2. The molecule has 0 spiro atoms. The van der Waals surface area contributed by atoms with Crippen molar-refractivity contribution >= 4 is 11.9 Å². The third kappa shape index (κ3) is 61.2. The Morgan fingerprint density at radius 2 is 0.667 bits per heavy atom. The van der Waals surface area contributed by atoms with Crippen LogP contribution < -0.4 is 5.32 Å². The molecule has 0 aromatic heterocycles. The Kier molecular flexibility index (Phi) is 63.0. The lowest BCUT2D eigenvalue weighted by Crippen LogP contribution is -2.45. The fourth-order valence-electron chi connectivity index (χ4n) is 10.5. The highest BCUT2D eigenvalue weighted by Crippen LogP contribution is 2.18. The maximum atomic E-state index is 12.5. The van der Waals surface area contributed by atoms with Crippen molar-refractivity contribution in [2.45, 2.75) is 379 Å².